The average Bonchev–Trinajstić information content (AvgIpc) is 2.79. The van der Waals surface area contributed by atoms with Gasteiger partial charge in [0.2, 0.25) is 11.8 Å². The molecule has 0 fully saturated rings. The fourth-order valence-corrected chi connectivity index (χ4v) is 1.55. The first-order valence-corrected chi connectivity index (χ1v) is 5.83. The van der Waals surface area contributed by atoms with E-state index in [0.29, 0.717) is 6.54 Å². The number of amides is 2. The lowest BCUT2D eigenvalue weighted by atomic mass is 10.4. The molecule has 0 spiro atoms. The van der Waals surface area contributed by atoms with Crippen molar-refractivity contribution in [2.75, 3.05) is 6.54 Å². The van der Waals surface area contributed by atoms with Gasteiger partial charge in [-0.3, -0.25) is 9.59 Å². The van der Waals surface area contributed by atoms with E-state index in [2.05, 4.69) is 22.4 Å². The Kier molecular flexibility index (Phi) is 5.67. The third-order valence-electron chi connectivity index (χ3n) is 1.69. The topological polar surface area (TPSA) is 70.6 Å². The number of thiophene rings is 1. The van der Waals surface area contributed by atoms with Crippen LogP contribution in [0.4, 0.5) is 0 Å². The molecule has 6 heteroatoms. The van der Waals surface area contributed by atoms with Gasteiger partial charge in [-0.15, -0.1) is 17.9 Å². The largest absolute Gasteiger partial charge is 0.352 e. The molecule has 2 N–H and O–H groups in total. The Morgan fingerprint density at radius 2 is 2.29 bits per heavy atom. The fraction of sp³-hybridized carbons (Fsp3) is 0.182. The highest BCUT2D eigenvalue weighted by Crippen LogP contribution is 2.03. The summed E-state index contributed by atoms with van der Waals surface area (Å²) in [4.78, 5) is 23.3. The Morgan fingerprint density at radius 1 is 1.47 bits per heavy atom. The zero-order chi connectivity index (χ0) is 12.5. The Morgan fingerprint density at radius 3 is 2.94 bits per heavy atom. The minimum Gasteiger partial charge on any atom is -0.352 e. The Labute approximate surface area is 103 Å². The van der Waals surface area contributed by atoms with Crippen molar-refractivity contribution >= 4 is 29.4 Å². The monoisotopic (exact) mass is 251 g/mol. The molecule has 1 aromatic rings. The summed E-state index contributed by atoms with van der Waals surface area (Å²) >= 11 is 1.51. The van der Waals surface area contributed by atoms with Gasteiger partial charge in [0, 0.05) is 11.4 Å². The maximum atomic E-state index is 11.2. The molecule has 17 heavy (non-hydrogen) atoms. The summed E-state index contributed by atoms with van der Waals surface area (Å²) in [5.41, 5.74) is 2.28. The number of carbonyl (C=O) groups is 2. The molecule has 0 unspecified atom stereocenters. The van der Waals surface area contributed by atoms with E-state index in [1.54, 1.807) is 6.08 Å². The minimum absolute atomic E-state index is 0.240. The van der Waals surface area contributed by atoms with Crippen LogP contribution < -0.4 is 10.7 Å². The van der Waals surface area contributed by atoms with E-state index >= 15 is 0 Å². The molecule has 0 bridgehead atoms. The second kappa shape index (κ2) is 7.34. The summed E-state index contributed by atoms with van der Waals surface area (Å²) < 4.78 is 0. The van der Waals surface area contributed by atoms with E-state index in [1.165, 1.54) is 17.6 Å². The first-order chi connectivity index (χ1) is 8.22. The van der Waals surface area contributed by atoms with Gasteiger partial charge in [0.25, 0.3) is 0 Å². The van der Waals surface area contributed by atoms with E-state index in [1.807, 2.05) is 17.5 Å². The van der Waals surface area contributed by atoms with Gasteiger partial charge < -0.3 is 5.32 Å². The molecular weight excluding hydrogens is 238 g/mol. The van der Waals surface area contributed by atoms with E-state index in [0.717, 1.165) is 4.88 Å². The molecule has 0 saturated heterocycles. The van der Waals surface area contributed by atoms with Crippen molar-refractivity contribution in [2.45, 2.75) is 6.42 Å². The van der Waals surface area contributed by atoms with Crippen molar-refractivity contribution in [3.63, 3.8) is 0 Å². The molecule has 1 aromatic heterocycles. The normalized spacial score (nSPS) is 10.1. The molecule has 5 nitrogen and oxygen atoms in total. The van der Waals surface area contributed by atoms with E-state index in [9.17, 15) is 9.59 Å². The standard InChI is InChI=1S/C11H13N3O2S/c1-2-5-12-10(15)7-11(16)14-13-8-9-4-3-6-17-9/h2-4,6,8H,1,5,7H2,(H,12,15)(H,14,16). The summed E-state index contributed by atoms with van der Waals surface area (Å²) in [6, 6.07) is 3.76. The second-order valence-electron chi connectivity index (χ2n) is 3.08. The van der Waals surface area contributed by atoms with Gasteiger partial charge in [-0.25, -0.2) is 5.43 Å². The lowest BCUT2D eigenvalue weighted by Crippen LogP contribution is -2.29. The van der Waals surface area contributed by atoms with Gasteiger partial charge in [0.05, 0.1) is 6.21 Å². The molecule has 1 rings (SSSR count). The van der Waals surface area contributed by atoms with Crippen LogP contribution in [0.15, 0.2) is 35.3 Å². The van der Waals surface area contributed by atoms with Gasteiger partial charge in [-0.05, 0) is 11.4 Å². The smallest absolute Gasteiger partial charge is 0.249 e. The van der Waals surface area contributed by atoms with E-state index < -0.39 is 5.91 Å². The number of rotatable bonds is 6. The van der Waals surface area contributed by atoms with Crippen LogP contribution in [0.1, 0.15) is 11.3 Å². The molecule has 2 amide bonds. The number of hydrogen-bond acceptors (Lipinski definition) is 4. The van der Waals surface area contributed by atoms with Crippen molar-refractivity contribution < 1.29 is 9.59 Å². The predicted octanol–water partition coefficient (Wildman–Crippen LogP) is 0.890. The zero-order valence-corrected chi connectivity index (χ0v) is 10.00. The number of hydrogen-bond donors (Lipinski definition) is 2. The zero-order valence-electron chi connectivity index (χ0n) is 9.18. The van der Waals surface area contributed by atoms with Crippen LogP contribution in [0.2, 0.25) is 0 Å². The number of nitrogens with zero attached hydrogens (tertiary/aromatic N) is 1. The van der Waals surface area contributed by atoms with Gasteiger partial charge in [0.1, 0.15) is 6.42 Å². The van der Waals surface area contributed by atoms with Gasteiger partial charge >= 0.3 is 0 Å². The highest BCUT2D eigenvalue weighted by Gasteiger charge is 2.06. The summed E-state index contributed by atoms with van der Waals surface area (Å²) in [5.74, 6) is -0.798. The lowest BCUT2D eigenvalue weighted by Gasteiger charge is -2.00. The Balaban J connectivity index is 2.25. The van der Waals surface area contributed by atoms with Crippen molar-refractivity contribution in [3.05, 3.63) is 35.0 Å². The van der Waals surface area contributed by atoms with Crippen LogP contribution in [0.25, 0.3) is 0 Å². The number of carbonyl (C=O) groups excluding carboxylic acids is 2. The van der Waals surface area contributed by atoms with Crippen LogP contribution in [0.3, 0.4) is 0 Å². The van der Waals surface area contributed by atoms with Crippen molar-refractivity contribution in [1.82, 2.24) is 10.7 Å². The highest BCUT2D eigenvalue weighted by molar-refractivity contribution is 7.11. The maximum Gasteiger partial charge on any atom is 0.249 e. The summed E-state index contributed by atoms with van der Waals surface area (Å²) in [6.45, 7) is 3.80. The fourth-order valence-electron chi connectivity index (χ4n) is 0.966. The molecule has 0 saturated carbocycles. The third kappa shape index (κ3) is 5.62. The number of hydrazone groups is 1. The molecule has 90 valence electrons. The van der Waals surface area contributed by atoms with E-state index in [-0.39, 0.29) is 12.3 Å². The summed E-state index contributed by atoms with van der Waals surface area (Å²) in [7, 11) is 0. The third-order valence-corrected chi connectivity index (χ3v) is 2.50. The molecule has 0 radical (unpaired) electrons. The average molecular weight is 251 g/mol. The van der Waals surface area contributed by atoms with Crippen molar-refractivity contribution in [2.24, 2.45) is 5.10 Å². The van der Waals surface area contributed by atoms with Crippen LogP contribution in [-0.4, -0.2) is 24.6 Å². The van der Waals surface area contributed by atoms with Gasteiger partial charge in [0.15, 0.2) is 0 Å². The predicted molar refractivity (Wildman–Crippen MR) is 67.9 cm³/mol. The first-order valence-electron chi connectivity index (χ1n) is 4.95. The van der Waals surface area contributed by atoms with Gasteiger partial charge in [-0.2, -0.15) is 5.10 Å². The molecule has 0 aromatic carbocycles. The highest BCUT2D eigenvalue weighted by atomic mass is 32.1. The summed E-state index contributed by atoms with van der Waals surface area (Å²) in [5, 5.41) is 8.14. The molecule has 1 heterocycles. The molecule has 0 aliphatic rings. The molecule has 0 atom stereocenters. The maximum absolute atomic E-state index is 11.2. The second-order valence-corrected chi connectivity index (χ2v) is 4.06. The minimum atomic E-state index is -0.445. The van der Waals surface area contributed by atoms with Crippen molar-refractivity contribution in [1.29, 1.82) is 0 Å². The van der Waals surface area contributed by atoms with Crippen LogP contribution in [0, 0.1) is 0 Å². The lowest BCUT2D eigenvalue weighted by molar-refractivity contribution is -0.129. The van der Waals surface area contributed by atoms with Crippen LogP contribution in [-0.2, 0) is 9.59 Å². The summed E-state index contributed by atoms with van der Waals surface area (Å²) in [6.07, 6.45) is 2.84. The number of nitrogens with one attached hydrogen (secondary N) is 2. The molecule has 0 aliphatic carbocycles. The van der Waals surface area contributed by atoms with E-state index in [4.69, 9.17) is 0 Å². The van der Waals surface area contributed by atoms with Crippen LogP contribution >= 0.6 is 11.3 Å². The SMILES string of the molecule is C=CCNC(=O)CC(=O)NN=Cc1cccs1. The Hall–Kier alpha value is -1.95. The first kappa shape index (κ1) is 13.1. The Bertz CT molecular complexity index is 412. The van der Waals surface area contributed by atoms with Crippen molar-refractivity contribution in [3.8, 4) is 0 Å². The van der Waals surface area contributed by atoms with Crippen LogP contribution in [0.5, 0.6) is 0 Å². The molecule has 0 aliphatic heterocycles. The molecular formula is C11H13N3O2S. The van der Waals surface area contributed by atoms with Gasteiger partial charge in [-0.1, -0.05) is 12.1 Å². The quantitative estimate of drug-likeness (QED) is 0.341.